The minimum absolute atomic E-state index is 0.416. The molecule has 0 saturated carbocycles. The van der Waals surface area contributed by atoms with Crippen molar-refractivity contribution in [1.29, 1.82) is 0 Å². The van der Waals surface area contributed by atoms with E-state index in [0.29, 0.717) is 6.23 Å². The van der Waals surface area contributed by atoms with E-state index in [1.54, 1.807) is 0 Å². The van der Waals surface area contributed by atoms with E-state index in [-0.39, 0.29) is 0 Å². The number of rotatable bonds is 3. The van der Waals surface area contributed by atoms with Gasteiger partial charge in [0.2, 0.25) is 0 Å². The van der Waals surface area contributed by atoms with Crippen LogP contribution < -0.4 is 0 Å². The fourth-order valence-electron chi connectivity index (χ4n) is 1.70. The van der Waals surface area contributed by atoms with E-state index in [4.69, 9.17) is 4.74 Å². The summed E-state index contributed by atoms with van der Waals surface area (Å²) in [5, 5.41) is 0. The molecule has 1 aliphatic heterocycles. The van der Waals surface area contributed by atoms with Gasteiger partial charge in [-0.1, -0.05) is 6.92 Å². The fourth-order valence-corrected chi connectivity index (χ4v) is 1.70. The number of hydrogen-bond donors (Lipinski definition) is 0. The Morgan fingerprint density at radius 3 is 2.82 bits per heavy atom. The number of ether oxygens (including phenoxy) is 1. The van der Waals surface area contributed by atoms with Crippen LogP contribution in [0.3, 0.4) is 0 Å². The molecule has 0 amide bonds. The number of nitrogens with zero attached hydrogens (tertiary/aromatic N) is 1. The highest BCUT2D eigenvalue weighted by Gasteiger charge is 2.20. The second kappa shape index (κ2) is 4.73. The summed E-state index contributed by atoms with van der Waals surface area (Å²) in [6.07, 6.45) is 4.32. The van der Waals surface area contributed by atoms with Crippen molar-refractivity contribution in [2.45, 2.75) is 39.3 Å². The summed E-state index contributed by atoms with van der Waals surface area (Å²) in [7, 11) is 0. The van der Waals surface area contributed by atoms with Crippen molar-refractivity contribution in [3.05, 3.63) is 0 Å². The van der Waals surface area contributed by atoms with Crippen LogP contribution in [0.4, 0.5) is 0 Å². The molecule has 0 aromatic carbocycles. The molecule has 1 unspecified atom stereocenters. The summed E-state index contributed by atoms with van der Waals surface area (Å²) in [6.45, 7) is 7.48. The maximum atomic E-state index is 5.61. The van der Waals surface area contributed by atoms with E-state index in [9.17, 15) is 0 Å². The Balaban J connectivity index is 2.31. The highest BCUT2D eigenvalue weighted by Crippen LogP contribution is 2.16. The summed E-state index contributed by atoms with van der Waals surface area (Å²) >= 11 is 0. The molecule has 2 heteroatoms. The summed E-state index contributed by atoms with van der Waals surface area (Å²) < 4.78 is 5.61. The number of piperidine rings is 1. The molecule has 1 fully saturated rings. The van der Waals surface area contributed by atoms with Gasteiger partial charge in [-0.3, -0.25) is 4.90 Å². The molecule has 0 aliphatic carbocycles. The van der Waals surface area contributed by atoms with Crippen molar-refractivity contribution in [3.8, 4) is 0 Å². The van der Waals surface area contributed by atoms with E-state index < -0.39 is 0 Å². The minimum atomic E-state index is 0.416. The molecule has 11 heavy (non-hydrogen) atoms. The van der Waals surface area contributed by atoms with Crippen molar-refractivity contribution < 1.29 is 4.74 Å². The van der Waals surface area contributed by atoms with Crippen LogP contribution in [0.5, 0.6) is 0 Å². The van der Waals surface area contributed by atoms with E-state index in [1.807, 2.05) is 0 Å². The van der Waals surface area contributed by atoms with Gasteiger partial charge >= 0.3 is 0 Å². The fraction of sp³-hybridized carbons (Fsp3) is 1.00. The number of likely N-dealkylation sites (tertiary alicyclic amines) is 1. The van der Waals surface area contributed by atoms with Crippen molar-refractivity contribution in [2.24, 2.45) is 0 Å². The molecule has 0 aromatic heterocycles. The van der Waals surface area contributed by atoms with E-state index in [2.05, 4.69) is 18.7 Å². The van der Waals surface area contributed by atoms with Crippen LogP contribution in [0.15, 0.2) is 0 Å². The summed E-state index contributed by atoms with van der Waals surface area (Å²) in [4.78, 5) is 2.42. The Morgan fingerprint density at radius 2 is 2.18 bits per heavy atom. The first kappa shape index (κ1) is 9.01. The van der Waals surface area contributed by atoms with Gasteiger partial charge in [0.25, 0.3) is 0 Å². The van der Waals surface area contributed by atoms with Crippen molar-refractivity contribution in [3.63, 3.8) is 0 Å². The Morgan fingerprint density at radius 1 is 1.36 bits per heavy atom. The Labute approximate surface area is 69.5 Å². The van der Waals surface area contributed by atoms with Crippen molar-refractivity contribution >= 4 is 0 Å². The van der Waals surface area contributed by atoms with E-state index in [1.165, 1.54) is 25.8 Å². The van der Waals surface area contributed by atoms with Crippen LogP contribution >= 0.6 is 0 Å². The topological polar surface area (TPSA) is 12.5 Å². The smallest absolute Gasteiger partial charge is 0.110 e. The zero-order chi connectivity index (χ0) is 8.10. The van der Waals surface area contributed by atoms with Crippen molar-refractivity contribution in [2.75, 3.05) is 19.7 Å². The molecule has 0 aromatic rings. The largest absolute Gasteiger partial charge is 0.363 e. The lowest BCUT2D eigenvalue weighted by molar-refractivity contribution is -0.0727. The zero-order valence-electron chi connectivity index (χ0n) is 7.68. The molecule has 66 valence electrons. The predicted molar refractivity (Wildman–Crippen MR) is 46.5 cm³/mol. The normalized spacial score (nSPS) is 27.3. The summed E-state index contributed by atoms with van der Waals surface area (Å²) in [6, 6.07) is 0. The molecule has 2 nitrogen and oxygen atoms in total. The molecule has 1 rings (SSSR count). The molecule has 0 radical (unpaired) electrons. The van der Waals surface area contributed by atoms with Crippen LogP contribution in [-0.2, 0) is 4.74 Å². The SMILES string of the molecule is CCOC1CCCCN1CC. The minimum Gasteiger partial charge on any atom is -0.363 e. The van der Waals surface area contributed by atoms with Crippen LogP contribution in [-0.4, -0.2) is 30.8 Å². The van der Waals surface area contributed by atoms with Gasteiger partial charge in [-0.25, -0.2) is 0 Å². The van der Waals surface area contributed by atoms with Crippen LogP contribution in [0.2, 0.25) is 0 Å². The first-order valence-corrected chi connectivity index (χ1v) is 4.74. The van der Waals surface area contributed by atoms with Gasteiger partial charge in [-0.2, -0.15) is 0 Å². The molecule has 0 spiro atoms. The van der Waals surface area contributed by atoms with Gasteiger partial charge in [0.1, 0.15) is 6.23 Å². The third kappa shape index (κ3) is 2.46. The third-order valence-electron chi connectivity index (χ3n) is 2.32. The highest BCUT2D eigenvalue weighted by molar-refractivity contribution is 4.68. The standard InChI is InChI=1S/C9H19NO/c1-3-10-8-6-5-7-9(10)11-4-2/h9H,3-8H2,1-2H3. The predicted octanol–water partition coefficient (Wildman–Crippen LogP) is 1.85. The van der Waals surface area contributed by atoms with Gasteiger partial charge < -0.3 is 4.74 Å². The second-order valence-corrected chi connectivity index (χ2v) is 3.03. The quantitative estimate of drug-likeness (QED) is 0.620. The lowest BCUT2D eigenvalue weighted by atomic mass is 10.1. The summed E-state index contributed by atoms with van der Waals surface area (Å²) in [5.41, 5.74) is 0. The molecule has 0 N–H and O–H groups in total. The molecular weight excluding hydrogens is 138 g/mol. The summed E-state index contributed by atoms with van der Waals surface area (Å²) in [5.74, 6) is 0. The molecule has 0 bridgehead atoms. The maximum Gasteiger partial charge on any atom is 0.110 e. The van der Waals surface area contributed by atoms with Crippen LogP contribution in [0.1, 0.15) is 33.1 Å². The molecule has 1 atom stereocenters. The maximum absolute atomic E-state index is 5.61. The second-order valence-electron chi connectivity index (χ2n) is 3.03. The van der Waals surface area contributed by atoms with Gasteiger partial charge in [0.15, 0.2) is 0 Å². The first-order chi connectivity index (χ1) is 5.38. The van der Waals surface area contributed by atoms with Gasteiger partial charge in [0, 0.05) is 13.2 Å². The molecule has 1 heterocycles. The molecule has 1 aliphatic rings. The Hall–Kier alpha value is -0.0800. The lowest BCUT2D eigenvalue weighted by Crippen LogP contribution is -2.40. The average Bonchev–Trinajstić information content (AvgIpc) is 2.06. The van der Waals surface area contributed by atoms with Crippen LogP contribution in [0.25, 0.3) is 0 Å². The van der Waals surface area contributed by atoms with Crippen molar-refractivity contribution in [1.82, 2.24) is 4.90 Å². The zero-order valence-corrected chi connectivity index (χ0v) is 7.68. The third-order valence-corrected chi connectivity index (χ3v) is 2.32. The molecular formula is C9H19NO. The average molecular weight is 157 g/mol. The Kier molecular flexibility index (Phi) is 3.87. The number of hydrogen-bond acceptors (Lipinski definition) is 2. The first-order valence-electron chi connectivity index (χ1n) is 4.74. The monoisotopic (exact) mass is 157 g/mol. The van der Waals surface area contributed by atoms with E-state index >= 15 is 0 Å². The lowest BCUT2D eigenvalue weighted by Gasteiger charge is -2.34. The van der Waals surface area contributed by atoms with Gasteiger partial charge in [-0.05, 0) is 32.7 Å². The highest BCUT2D eigenvalue weighted by atomic mass is 16.5. The molecule has 1 saturated heterocycles. The van der Waals surface area contributed by atoms with Crippen LogP contribution in [0, 0.1) is 0 Å². The van der Waals surface area contributed by atoms with E-state index in [0.717, 1.165) is 13.2 Å². The van der Waals surface area contributed by atoms with Gasteiger partial charge in [-0.15, -0.1) is 0 Å². The van der Waals surface area contributed by atoms with Gasteiger partial charge in [0.05, 0.1) is 0 Å². The Bertz CT molecular complexity index is 104.